The average Bonchev–Trinajstić information content (AvgIpc) is 2.44. The summed E-state index contributed by atoms with van der Waals surface area (Å²) in [4.78, 5) is 20.8. The van der Waals surface area contributed by atoms with Gasteiger partial charge >= 0.3 is 8.03 Å². The molecule has 0 amide bonds. The van der Waals surface area contributed by atoms with Gasteiger partial charge in [0.25, 0.3) is 13.3 Å². The second-order valence-corrected chi connectivity index (χ2v) is 11.7. The van der Waals surface area contributed by atoms with Crippen LogP contribution >= 0.6 is 15.4 Å². The summed E-state index contributed by atoms with van der Waals surface area (Å²) in [6, 6.07) is 0. The predicted octanol–water partition coefficient (Wildman–Crippen LogP) is -1.57. The third kappa shape index (κ3) is 11.0. The van der Waals surface area contributed by atoms with Crippen molar-refractivity contribution in [3.63, 3.8) is 0 Å². The molecule has 0 aromatic rings. The molecule has 1 rings (SSSR count). The molecule has 1 saturated heterocycles. The van der Waals surface area contributed by atoms with Gasteiger partial charge < -0.3 is 32.3 Å². The number of nitrogens with zero attached hydrogens (tertiary/aromatic N) is 1. The van der Waals surface area contributed by atoms with Crippen molar-refractivity contribution in [1.29, 1.82) is 0 Å². The van der Waals surface area contributed by atoms with Crippen LogP contribution in [0.25, 0.3) is 0 Å². The van der Waals surface area contributed by atoms with Crippen LogP contribution in [0.1, 0.15) is 13.8 Å². The summed E-state index contributed by atoms with van der Waals surface area (Å²) in [5.74, 6) is -0.599. The molecule has 0 bridgehead atoms. The van der Waals surface area contributed by atoms with Crippen LogP contribution in [0.15, 0.2) is 0 Å². The van der Waals surface area contributed by atoms with Gasteiger partial charge in [0.15, 0.2) is 0 Å². The van der Waals surface area contributed by atoms with Crippen molar-refractivity contribution < 1.29 is 18.9 Å². The molecule has 1 fully saturated rings. The smallest absolute Gasteiger partial charge is 0.340 e. The van der Waals surface area contributed by atoms with E-state index in [4.69, 9.17) is 16.4 Å². The maximum absolute atomic E-state index is 12.2. The van der Waals surface area contributed by atoms with E-state index < -0.39 is 32.4 Å². The molecular weight excluding hydrogens is 378 g/mol. The van der Waals surface area contributed by atoms with E-state index in [1.807, 2.05) is 13.8 Å². The molecule has 9 N–H and O–H groups in total. The number of nitrogens with two attached hydrogens (primary N) is 2. The largest absolute Gasteiger partial charge is 0.515 e. The van der Waals surface area contributed by atoms with Crippen LogP contribution in [0.3, 0.4) is 0 Å². The minimum Gasteiger partial charge on any atom is -0.340 e. The third-order valence-electron chi connectivity index (χ3n) is 4.02. The molecule has 0 saturated carbocycles. The van der Waals surface area contributed by atoms with Gasteiger partial charge in [-0.25, -0.2) is 0 Å². The quantitative estimate of drug-likeness (QED) is 0.268. The molecule has 0 aliphatic carbocycles. The summed E-state index contributed by atoms with van der Waals surface area (Å²) in [5, 5.41) is 9.87. The van der Waals surface area contributed by atoms with Crippen molar-refractivity contribution in [3.8, 4) is 0 Å². The fourth-order valence-electron chi connectivity index (χ4n) is 2.91. The van der Waals surface area contributed by atoms with Crippen molar-refractivity contribution in [1.82, 2.24) is 20.9 Å². The van der Waals surface area contributed by atoms with Gasteiger partial charge in [0.05, 0.1) is 6.29 Å². The predicted molar refractivity (Wildman–Crippen MR) is 105 cm³/mol. The van der Waals surface area contributed by atoms with E-state index in [1.165, 1.54) is 0 Å². The van der Waals surface area contributed by atoms with Crippen LogP contribution < -0.4 is 27.4 Å². The maximum atomic E-state index is 12.2. The van der Waals surface area contributed by atoms with Gasteiger partial charge in [-0.15, -0.1) is 0 Å². The first-order valence-electron chi connectivity index (χ1n) is 8.78. The fourth-order valence-corrected chi connectivity index (χ4v) is 5.65. The monoisotopic (exact) mass is 413 g/mol. The topological polar surface area (TPSA) is 166 Å². The molecule has 10 nitrogen and oxygen atoms in total. The van der Waals surface area contributed by atoms with Gasteiger partial charge in [-0.3, -0.25) is 9.46 Å². The van der Waals surface area contributed by atoms with Gasteiger partial charge in [-0.05, 0) is 18.4 Å². The van der Waals surface area contributed by atoms with Gasteiger partial charge in [-0.2, -0.15) is 4.89 Å². The first-order valence-corrected chi connectivity index (χ1v) is 12.2. The van der Waals surface area contributed by atoms with Gasteiger partial charge in [-0.1, -0.05) is 0 Å². The van der Waals surface area contributed by atoms with Crippen LogP contribution in [-0.4, -0.2) is 90.3 Å². The van der Waals surface area contributed by atoms with Crippen molar-refractivity contribution >= 4 is 15.4 Å². The summed E-state index contributed by atoms with van der Waals surface area (Å²) in [7, 11) is -6.40. The lowest BCUT2D eigenvalue weighted by atomic mass is 10.0. The zero-order valence-electron chi connectivity index (χ0n) is 15.8. The van der Waals surface area contributed by atoms with Gasteiger partial charge in [0.2, 0.25) is 0 Å². The lowest BCUT2D eigenvalue weighted by molar-refractivity contribution is 0.230. The third-order valence-corrected chi connectivity index (χ3v) is 7.60. The Kier molecular flexibility index (Phi) is 9.74. The molecule has 26 heavy (non-hydrogen) atoms. The first kappa shape index (κ1) is 24.0. The lowest BCUT2D eigenvalue weighted by Crippen LogP contribution is -2.58. The molecule has 0 spiro atoms. The van der Waals surface area contributed by atoms with Gasteiger partial charge in [0.1, 0.15) is 0 Å². The standard InChI is InChI=1S/C14H34N6O4P2/c1-13(15)7-17-3-4-18-9-14(2,16)10-20(6-5-19-8-13)11-26(23,24)12-25(21)22/h17-19H,3-12,15-16H2,1-2H3,(H-,21,22,23,24)/p+1. The summed E-state index contributed by atoms with van der Waals surface area (Å²) >= 11 is 0. The maximum Gasteiger partial charge on any atom is 0.515 e. The van der Waals surface area contributed by atoms with Crippen LogP contribution in [0.4, 0.5) is 0 Å². The Morgan fingerprint density at radius 1 is 1.08 bits per heavy atom. The average molecular weight is 413 g/mol. The van der Waals surface area contributed by atoms with Crippen LogP contribution in [0, 0.1) is 0 Å². The van der Waals surface area contributed by atoms with E-state index in [2.05, 4.69) is 16.0 Å². The fraction of sp³-hybridized carbons (Fsp3) is 1.00. The number of hydrogen-bond acceptors (Lipinski definition) is 8. The molecule has 4 atom stereocenters. The highest BCUT2D eigenvalue weighted by atomic mass is 31.2. The second-order valence-electron chi connectivity index (χ2n) is 7.87. The Balaban J connectivity index is 2.77. The molecule has 0 aromatic carbocycles. The Morgan fingerprint density at radius 3 is 2.12 bits per heavy atom. The van der Waals surface area contributed by atoms with Crippen LogP contribution in [0.2, 0.25) is 0 Å². The summed E-state index contributed by atoms with van der Waals surface area (Å²) in [5.41, 5.74) is 11.6. The minimum absolute atomic E-state index is 0.162. The summed E-state index contributed by atoms with van der Waals surface area (Å²) < 4.78 is 23.2. The van der Waals surface area contributed by atoms with E-state index in [9.17, 15) is 14.0 Å². The van der Waals surface area contributed by atoms with Crippen molar-refractivity contribution in [2.45, 2.75) is 24.9 Å². The van der Waals surface area contributed by atoms with E-state index in [-0.39, 0.29) is 6.29 Å². The lowest BCUT2D eigenvalue weighted by Gasteiger charge is -2.34. The highest BCUT2D eigenvalue weighted by molar-refractivity contribution is 7.68. The molecule has 12 heteroatoms. The normalized spacial score (nSPS) is 33.8. The first-order chi connectivity index (χ1) is 11.9. The van der Waals surface area contributed by atoms with E-state index in [1.54, 1.807) is 4.90 Å². The molecule has 0 aromatic heterocycles. The Morgan fingerprint density at radius 2 is 1.58 bits per heavy atom. The summed E-state index contributed by atoms with van der Waals surface area (Å²) in [6.07, 6.45) is -0.162. The van der Waals surface area contributed by atoms with E-state index in [0.29, 0.717) is 39.3 Å². The van der Waals surface area contributed by atoms with Crippen molar-refractivity contribution in [2.75, 3.05) is 64.5 Å². The molecule has 0 radical (unpaired) electrons. The SMILES string of the molecule is CC1(N)CNCCNCC(C)(N)CN(CP(=O)(O)C[P+](=O)O)CCNC1. The molecule has 1 aliphatic heterocycles. The number of nitrogens with one attached hydrogen (secondary N) is 3. The Labute approximate surface area is 156 Å². The Hall–Kier alpha value is 0.01000. The minimum atomic E-state index is -3.74. The van der Waals surface area contributed by atoms with Crippen LogP contribution in [-0.2, 0) is 9.13 Å². The molecule has 1 aliphatic rings. The molecule has 1 heterocycles. The van der Waals surface area contributed by atoms with Crippen molar-refractivity contribution in [3.05, 3.63) is 0 Å². The van der Waals surface area contributed by atoms with Crippen molar-refractivity contribution in [2.24, 2.45) is 11.5 Å². The molecule has 154 valence electrons. The van der Waals surface area contributed by atoms with E-state index in [0.717, 1.165) is 13.1 Å². The number of rotatable bonds is 4. The highest BCUT2D eigenvalue weighted by Crippen LogP contribution is 2.47. The van der Waals surface area contributed by atoms with E-state index >= 15 is 0 Å². The zero-order chi connectivity index (χ0) is 19.8. The molecular formula is C14H35N6O4P2+. The Bertz CT molecular complexity index is 506. The highest BCUT2D eigenvalue weighted by Gasteiger charge is 2.34. The van der Waals surface area contributed by atoms with Gasteiger partial charge in [0, 0.05) is 63.4 Å². The zero-order valence-corrected chi connectivity index (χ0v) is 17.6. The number of hydrogen-bond donors (Lipinski definition) is 7. The second kappa shape index (κ2) is 10.5. The molecule has 4 unspecified atom stereocenters. The van der Waals surface area contributed by atoms with Crippen LogP contribution in [0.5, 0.6) is 0 Å². The summed E-state index contributed by atoms with van der Waals surface area (Å²) in [6.45, 7) is 8.60.